The summed E-state index contributed by atoms with van der Waals surface area (Å²) in [5, 5.41) is 9.88. The molecular formula is C17H22N4O3S. The molecule has 2 aromatic rings. The second-order valence-electron chi connectivity index (χ2n) is 5.48. The number of thioether (sulfide) groups is 1. The number of carbonyl (C=O) groups is 2. The Bertz CT molecular complexity index is 726. The zero-order chi connectivity index (χ0) is 18.2. The van der Waals surface area contributed by atoms with Crippen molar-refractivity contribution >= 4 is 23.6 Å². The van der Waals surface area contributed by atoms with E-state index in [2.05, 4.69) is 20.8 Å². The number of rotatable bonds is 8. The van der Waals surface area contributed by atoms with Crippen LogP contribution in [0, 0.1) is 13.8 Å². The summed E-state index contributed by atoms with van der Waals surface area (Å²) in [7, 11) is 0. The lowest BCUT2D eigenvalue weighted by Crippen LogP contribution is -2.37. The van der Waals surface area contributed by atoms with Crippen LogP contribution >= 0.6 is 11.8 Å². The summed E-state index contributed by atoms with van der Waals surface area (Å²) in [6.45, 7) is 6.25. The summed E-state index contributed by atoms with van der Waals surface area (Å²) >= 11 is 1.44. The largest absolute Gasteiger partial charge is 0.361 e. The fraction of sp³-hybridized carbons (Fsp3) is 0.412. The Morgan fingerprint density at radius 2 is 2.08 bits per heavy atom. The van der Waals surface area contributed by atoms with Crippen LogP contribution in [0.2, 0.25) is 0 Å². The summed E-state index contributed by atoms with van der Waals surface area (Å²) in [5.41, 5.74) is 2.28. The number of nitrogens with zero attached hydrogens (tertiary/aromatic N) is 2. The standard InChI is InChI=1S/C17H22N4O3S/c1-4-7-18-15(22)9-20-16(23)13-6-5-8-19-17(13)25-10-14-11(2)21-24-12(14)3/h5-6,8H,4,7,9-10H2,1-3H3,(H,18,22)(H,20,23). The number of hydrogen-bond donors (Lipinski definition) is 2. The maximum atomic E-state index is 12.4. The molecular weight excluding hydrogens is 340 g/mol. The molecule has 0 saturated carbocycles. The Hall–Kier alpha value is -2.35. The molecule has 0 bridgehead atoms. The predicted molar refractivity (Wildman–Crippen MR) is 95.4 cm³/mol. The summed E-state index contributed by atoms with van der Waals surface area (Å²) < 4.78 is 5.15. The molecule has 0 aliphatic heterocycles. The highest BCUT2D eigenvalue weighted by atomic mass is 32.2. The van der Waals surface area contributed by atoms with E-state index in [0.29, 0.717) is 22.9 Å². The van der Waals surface area contributed by atoms with Crippen LogP contribution in [0.25, 0.3) is 0 Å². The van der Waals surface area contributed by atoms with Crippen molar-refractivity contribution in [2.45, 2.75) is 38.0 Å². The third-order valence-electron chi connectivity index (χ3n) is 3.53. The van der Waals surface area contributed by atoms with Crippen molar-refractivity contribution in [2.24, 2.45) is 0 Å². The van der Waals surface area contributed by atoms with Gasteiger partial charge in [0.05, 0.1) is 17.8 Å². The van der Waals surface area contributed by atoms with E-state index in [1.54, 1.807) is 18.3 Å². The first-order valence-corrected chi connectivity index (χ1v) is 9.06. The zero-order valence-corrected chi connectivity index (χ0v) is 15.4. The van der Waals surface area contributed by atoms with Gasteiger partial charge in [0.1, 0.15) is 10.8 Å². The zero-order valence-electron chi connectivity index (χ0n) is 14.6. The van der Waals surface area contributed by atoms with Gasteiger partial charge in [-0.15, -0.1) is 11.8 Å². The van der Waals surface area contributed by atoms with Gasteiger partial charge in [-0.05, 0) is 32.4 Å². The highest BCUT2D eigenvalue weighted by molar-refractivity contribution is 7.98. The first-order valence-electron chi connectivity index (χ1n) is 8.07. The normalized spacial score (nSPS) is 10.5. The van der Waals surface area contributed by atoms with E-state index in [4.69, 9.17) is 4.52 Å². The van der Waals surface area contributed by atoms with Gasteiger partial charge >= 0.3 is 0 Å². The molecule has 25 heavy (non-hydrogen) atoms. The van der Waals surface area contributed by atoms with Gasteiger partial charge in [-0.3, -0.25) is 9.59 Å². The monoisotopic (exact) mass is 362 g/mol. The van der Waals surface area contributed by atoms with Gasteiger partial charge in [0.15, 0.2) is 0 Å². The molecule has 2 N–H and O–H groups in total. The van der Waals surface area contributed by atoms with Crippen molar-refractivity contribution in [2.75, 3.05) is 13.1 Å². The van der Waals surface area contributed by atoms with Crippen molar-refractivity contribution in [1.29, 1.82) is 0 Å². The Kier molecular flexibility index (Phi) is 7.00. The van der Waals surface area contributed by atoms with E-state index >= 15 is 0 Å². The molecule has 0 radical (unpaired) electrons. The first kappa shape index (κ1) is 19.0. The fourth-order valence-electron chi connectivity index (χ4n) is 2.11. The smallest absolute Gasteiger partial charge is 0.254 e. The summed E-state index contributed by atoms with van der Waals surface area (Å²) in [5.74, 6) is 0.847. The van der Waals surface area contributed by atoms with Crippen molar-refractivity contribution < 1.29 is 14.1 Å². The van der Waals surface area contributed by atoms with E-state index in [1.807, 2.05) is 20.8 Å². The summed E-state index contributed by atoms with van der Waals surface area (Å²) in [6.07, 6.45) is 2.49. The molecule has 0 aromatic carbocycles. The Balaban J connectivity index is 1.99. The highest BCUT2D eigenvalue weighted by Crippen LogP contribution is 2.27. The van der Waals surface area contributed by atoms with Crippen LogP contribution in [-0.4, -0.2) is 35.0 Å². The van der Waals surface area contributed by atoms with Crippen LogP contribution in [0.5, 0.6) is 0 Å². The third-order valence-corrected chi connectivity index (χ3v) is 4.56. The Morgan fingerprint density at radius 1 is 1.28 bits per heavy atom. The Morgan fingerprint density at radius 3 is 2.76 bits per heavy atom. The molecule has 0 fully saturated rings. The van der Waals surface area contributed by atoms with E-state index in [9.17, 15) is 9.59 Å². The Labute approximate surface area is 151 Å². The number of amides is 2. The van der Waals surface area contributed by atoms with Gasteiger partial charge in [0.25, 0.3) is 5.91 Å². The minimum absolute atomic E-state index is 0.0539. The molecule has 8 heteroatoms. The number of hydrogen-bond acceptors (Lipinski definition) is 6. The highest BCUT2D eigenvalue weighted by Gasteiger charge is 2.16. The minimum atomic E-state index is -0.319. The van der Waals surface area contributed by atoms with Crippen LogP contribution in [0.3, 0.4) is 0 Å². The molecule has 0 atom stereocenters. The molecule has 0 spiro atoms. The lowest BCUT2D eigenvalue weighted by atomic mass is 10.2. The van der Waals surface area contributed by atoms with Crippen LogP contribution in [-0.2, 0) is 10.5 Å². The number of nitrogens with one attached hydrogen (secondary N) is 2. The predicted octanol–water partition coefficient (Wildman–Crippen LogP) is 2.23. The molecule has 2 amide bonds. The van der Waals surface area contributed by atoms with Crippen LogP contribution in [0.4, 0.5) is 0 Å². The molecule has 0 saturated heterocycles. The molecule has 7 nitrogen and oxygen atoms in total. The maximum absolute atomic E-state index is 12.4. The third kappa shape index (κ3) is 5.32. The molecule has 134 valence electrons. The molecule has 2 aromatic heterocycles. The molecule has 0 aliphatic carbocycles. The number of pyridine rings is 1. The lowest BCUT2D eigenvalue weighted by molar-refractivity contribution is -0.120. The van der Waals surface area contributed by atoms with Gasteiger partial charge in [0.2, 0.25) is 5.91 Å². The van der Waals surface area contributed by atoms with Crippen molar-refractivity contribution in [3.63, 3.8) is 0 Å². The summed E-state index contributed by atoms with van der Waals surface area (Å²) in [6, 6.07) is 3.40. The van der Waals surface area contributed by atoms with Gasteiger partial charge in [-0.25, -0.2) is 4.98 Å². The van der Waals surface area contributed by atoms with Crippen molar-refractivity contribution in [1.82, 2.24) is 20.8 Å². The van der Waals surface area contributed by atoms with E-state index in [1.165, 1.54) is 11.8 Å². The maximum Gasteiger partial charge on any atom is 0.254 e. The van der Waals surface area contributed by atoms with Crippen LogP contribution < -0.4 is 10.6 Å². The van der Waals surface area contributed by atoms with Gasteiger partial charge in [-0.1, -0.05) is 12.1 Å². The molecule has 2 rings (SSSR count). The minimum Gasteiger partial charge on any atom is -0.361 e. The number of aromatic nitrogens is 2. The summed E-state index contributed by atoms with van der Waals surface area (Å²) in [4.78, 5) is 28.3. The molecule has 0 unspecified atom stereocenters. The molecule has 2 heterocycles. The second-order valence-corrected chi connectivity index (χ2v) is 6.44. The van der Waals surface area contributed by atoms with Crippen LogP contribution in [0.15, 0.2) is 27.9 Å². The topological polar surface area (TPSA) is 97.1 Å². The quantitative estimate of drug-likeness (QED) is 0.699. The number of carbonyl (C=O) groups excluding carboxylic acids is 2. The van der Waals surface area contributed by atoms with Crippen LogP contribution in [0.1, 0.15) is 40.7 Å². The van der Waals surface area contributed by atoms with E-state index < -0.39 is 0 Å². The second kappa shape index (κ2) is 9.22. The average molecular weight is 362 g/mol. The number of aryl methyl sites for hydroxylation is 2. The fourth-order valence-corrected chi connectivity index (χ4v) is 3.25. The van der Waals surface area contributed by atoms with Crippen molar-refractivity contribution in [3.05, 3.63) is 40.9 Å². The van der Waals surface area contributed by atoms with Gasteiger partial charge in [-0.2, -0.15) is 0 Å². The lowest BCUT2D eigenvalue weighted by Gasteiger charge is -2.09. The van der Waals surface area contributed by atoms with Gasteiger partial charge in [0, 0.05) is 24.1 Å². The first-order chi connectivity index (χ1) is 12.0. The van der Waals surface area contributed by atoms with E-state index in [0.717, 1.165) is 23.4 Å². The average Bonchev–Trinajstić information content (AvgIpc) is 2.94. The molecule has 0 aliphatic rings. The van der Waals surface area contributed by atoms with Gasteiger partial charge < -0.3 is 15.2 Å². The van der Waals surface area contributed by atoms with Crippen molar-refractivity contribution in [3.8, 4) is 0 Å². The SMILES string of the molecule is CCCNC(=O)CNC(=O)c1cccnc1SCc1c(C)noc1C. The van der Waals surface area contributed by atoms with E-state index in [-0.39, 0.29) is 18.4 Å².